The van der Waals surface area contributed by atoms with Gasteiger partial charge in [-0.15, -0.1) is 12.4 Å². The zero-order chi connectivity index (χ0) is 83.3. The van der Waals surface area contributed by atoms with Crippen molar-refractivity contribution in [1.29, 1.82) is 0 Å². The molecule has 5 aliphatic heterocycles. The molecule has 6 N–H and O–H groups in total. The van der Waals surface area contributed by atoms with Gasteiger partial charge in [-0.1, -0.05) is 15.9 Å². The molecule has 0 atom stereocenters. The smallest absolute Gasteiger partial charge is 0.459 e. The molecule has 5 rings (SSSR count). The van der Waals surface area contributed by atoms with Gasteiger partial charge in [-0.3, -0.25) is 4.79 Å². The monoisotopic (exact) mass is 1680 g/mol. The standard InChI is InChI=1S/C18H33NO6.C14H27NO5.C12H23NO4.C10H18O5.C9H19NO3.C7H15NO2.C6H11BrO2.ClH/c1-17(2,3)24-15(20)13-22-11-12-23-14-7-9-19(10-8-14)16(21)25-18(4,5)6;1-14(2,3)20-13(17)15-6-4-12(5-7-15)19-11-10-18-9-8-16;1-12(2,3)17-11(15)13-6-4-10(5-7-13)16-9-8-14;1-9(2,3)14-7(11)13-8(12)15-10(4,5)6;11-5-6-12-7-8-13-9-1-3-10-4-2-9;9-5-6-10-7-1-3-8-4-2-7;1-6(2,3)9-5(8)4-7;/h14H,7-13H2,1-6H3;12,16H,4-11H2,1-3H3;10,14H,4-9H2,1-3H3;1-6H3;9-11H,1-8H2;7-9H,1-6H2;4H2,1-3H3;1H. The van der Waals surface area contributed by atoms with Crippen LogP contribution in [0.3, 0.4) is 0 Å². The molecule has 0 spiro atoms. The predicted octanol–water partition coefficient (Wildman–Crippen LogP) is 10.1. The van der Waals surface area contributed by atoms with Crippen molar-refractivity contribution in [2.75, 3.05) is 170 Å². The number of rotatable bonds is 25. The number of nitrogens with zero attached hydrogens (tertiary/aromatic N) is 3. The average molecular weight is 1680 g/mol. The Balaban J connectivity index is -0.00000124. The second-order valence-electron chi connectivity index (χ2n) is 32.8. The molecule has 5 heterocycles. The van der Waals surface area contributed by atoms with Gasteiger partial charge >= 0.3 is 42.5 Å². The Bertz CT molecular complexity index is 2350. The van der Waals surface area contributed by atoms with Gasteiger partial charge in [-0.2, -0.15) is 0 Å². The number of alkyl halides is 1. The maximum absolute atomic E-state index is 12.0. The summed E-state index contributed by atoms with van der Waals surface area (Å²) < 4.78 is 83.1. The summed E-state index contributed by atoms with van der Waals surface area (Å²) in [6, 6.07) is 0. The molecule has 32 nitrogen and oxygen atoms in total. The highest BCUT2D eigenvalue weighted by Gasteiger charge is 2.31. The van der Waals surface area contributed by atoms with Crippen LogP contribution in [0.15, 0.2) is 0 Å². The Morgan fingerprint density at radius 2 is 0.555 bits per heavy atom. The van der Waals surface area contributed by atoms with E-state index in [-0.39, 0.29) is 105 Å². The van der Waals surface area contributed by atoms with Crippen LogP contribution in [-0.4, -0.2) is 317 Å². The minimum atomic E-state index is -1.06. The van der Waals surface area contributed by atoms with Crippen molar-refractivity contribution in [2.45, 2.75) is 279 Å². The van der Waals surface area contributed by atoms with Crippen LogP contribution in [0.2, 0.25) is 0 Å². The number of ether oxygens (including phenoxy) is 16. The van der Waals surface area contributed by atoms with Crippen molar-refractivity contribution in [3.05, 3.63) is 0 Å². The number of amides is 3. The maximum atomic E-state index is 12.0. The number of nitrogens with one attached hydrogen (secondary N) is 2. The lowest BCUT2D eigenvalue weighted by Crippen LogP contribution is -2.43. The molecular weight excluding hydrogens is 1530 g/mol. The number of hydrogen-bond acceptors (Lipinski definition) is 29. The van der Waals surface area contributed by atoms with Gasteiger partial charge in [0, 0.05) is 39.3 Å². The number of hydrogen-bond donors (Lipinski definition) is 6. The Labute approximate surface area is 672 Å². The van der Waals surface area contributed by atoms with Gasteiger partial charge in [0.1, 0.15) is 51.1 Å². The number of aliphatic hydroxyl groups is 4. The number of carbonyl (C=O) groups is 7. The summed E-state index contributed by atoms with van der Waals surface area (Å²) in [6.07, 6.45) is 7.47. The first kappa shape index (κ1) is 110. The fourth-order valence-corrected chi connectivity index (χ4v) is 9.73. The van der Waals surface area contributed by atoms with Gasteiger partial charge in [0.15, 0.2) is 0 Å². The number of likely N-dealkylation sites (tertiary alicyclic amines) is 3. The topological polar surface area (TPSA) is 382 Å². The van der Waals surface area contributed by atoms with Crippen LogP contribution in [0, 0.1) is 0 Å². The largest absolute Gasteiger partial charge is 0.519 e. The van der Waals surface area contributed by atoms with Crippen molar-refractivity contribution in [2.24, 2.45) is 0 Å². The van der Waals surface area contributed by atoms with Crippen molar-refractivity contribution in [1.82, 2.24) is 25.3 Å². The number of carbonyl (C=O) groups excluding carboxylic acids is 7. The highest BCUT2D eigenvalue weighted by atomic mass is 79.9. The van der Waals surface area contributed by atoms with Crippen molar-refractivity contribution in [3.63, 3.8) is 0 Å². The molecule has 0 aromatic rings. The molecule has 0 bridgehead atoms. The van der Waals surface area contributed by atoms with Crippen molar-refractivity contribution in [3.8, 4) is 0 Å². The second-order valence-corrected chi connectivity index (χ2v) is 33.3. The molecule has 0 radical (unpaired) electrons. The van der Waals surface area contributed by atoms with E-state index in [0.717, 1.165) is 90.4 Å². The first-order valence-corrected chi connectivity index (χ1v) is 39.5. The maximum Gasteiger partial charge on any atom is 0.519 e. The molecule has 0 aliphatic carbocycles. The number of halogens is 2. The molecule has 5 saturated heterocycles. The number of piperidine rings is 5. The quantitative estimate of drug-likeness (QED) is 0.0163. The minimum Gasteiger partial charge on any atom is -0.459 e. The molecule has 110 heavy (non-hydrogen) atoms. The zero-order valence-corrected chi connectivity index (χ0v) is 73.1. The molecule has 5 aliphatic rings. The van der Waals surface area contributed by atoms with Gasteiger partial charge in [-0.05, 0) is 236 Å². The molecule has 34 heteroatoms. The Kier molecular flexibility index (Phi) is 60.2. The minimum absolute atomic E-state index is 0. The normalized spacial score (nSPS) is 16.5. The van der Waals surface area contributed by atoms with Crippen molar-refractivity contribution < 1.29 is 130 Å². The number of esters is 2. The van der Waals surface area contributed by atoms with Crippen LogP contribution in [-0.2, 0) is 85.4 Å². The average Bonchev–Trinajstić information content (AvgIpc) is 0.878. The molecule has 0 unspecified atom stereocenters. The van der Waals surface area contributed by atoms with Gasteiger partial charge in [0.2, 0.25) is 0 Å². The molecule has 0 saturated carbocycles. The Hall–Kier alpha value is -4.30. The third-order valence-corrected chi connectivity index (χ3v) is 14.5. The van der Waals surface area contributed by atoms with E-state index in [1.54, 1.807) is 56.2 Å². The Morgan fingerprint density at radius 1 is 0.318 bits per heavy atom. The third-order valence-electron chi connectivity index (χ3n) is 14.1. The molecule has 5 fully saturated rings. The van der Waals surface area contributed by atoms with E-state index in [9.17, 15) is 33.6 Å². The van der Waals surface area contributed by atoms with E-state index in [4.69, 9.17) is 91.5 Å². The summed E-state index contributed by atoms with van der Waals surface area (Å²) in [7, 11) is 0. The SMILES string of the molecule is CC(C)(C)OC(=O)CBr.CC(C)(C)OC(=O)COCCOC1CCN(C(=O)OC(C)(C)C)CC1.CC(C)(C)OC(=O)N1CCC(OCCO)CC1.CC(C)(C)OC(=O)N1CCC(OCCOCCO)CC1.CC(C)(C)OC(=O)OC(=O)OC(C)(C)C.Cl.OCCOC1CCNCC1.OCCOCCOC1CCNCC1. The van der Waals surface area contributed by atoms with Crippen LogP contribution >= 0.6 is 28.3 Å². The molecule has 3 amide bonds. The lowest BCUT2D eigenvalue weighted by Gasteiger charge is -2.33. The fraction of sp³-hybridized carbons (Fsp3) is 0.908. The molecule has 0 aromatic carbocycles. The van der Waals surface area contributed by atoms with Crippen LogP contribution in [0.4, 0.5) is 24.0 Å². The van der Waals surface area contributed by atoms with Crippen LogP contribution in [0.1, 0.15) is 210 Å². The van der Waals surface area contributed by atoms with Crippen LogP contribution in [0.25, 0.3) is 0 Å². The number of aliphatic hydroxyl groups excluding tert-OH is 4. The van der Waals surface area contributed by atoms with Crippen molar-refractivity contribution >= 4 is 70.9 Å². The van der Waals surface area contributed by atoms with Gasteiger partial charge in [0.25, 0.3) is 0 Å². The summed E-state index contributed by atoms with van der Waals surface area (Å²) in [5.41, 5.74) is -3.62. The van der Waals surface area contributed by atoms with E-state index in [1.165, 1.54) is 0 Å². The lowest BCUT2D eigenvalue weighted by atomic mass is 10.1. The highest BCUT2D eigenvalue weighted by molar-refractivity contribution is 9.09. The van der Waals surface area contributed by atoms with Gasteiger partial charge in [0.05, 0.1) is 123 Å². The summed E-state index contributed by atoms with van der Waals surface area (Å²) in [5, 5.41) is 40.9. The summed E-state index contributed by atoms with van der Waals surface area (Å²) >= 11 is 2.99. The zero-order valence-electron chi connectivity index (χ0n) is 70.6. The summed E-state index contributed by atoms with van der Waals surface area (Å²) in [4.78, 5) is 84.8. The second kappa shape index (κ2) is 60.3. The van der Waals surface area contributed by atoms with Crippen LogP contribution in [0.5, 0.6) is 0 Å². The highest BCUT2D eigenvalue weighted by Crippen LogP contribution is 2.22. The molecular formula is C76H147BrClN5O27. The fourth-order valence-electron chi connectivity index (χ4n) is 9.62. The molecule has 652 valence electrons. The first-order valence-electron chi connectivity index (χ1n) is 38.4. The van der Waals surface area contributed by atoms with E-state index < -0.39 is 45.9 Å². The van der Waals surface area contributed by atoms with E-state index in [0.29, 0.717) is 118 Å². The molecule has 0 aromatic heterocycles. The van der Waals surface area contributed by atoms with E-state index in [2.05, 4.69) is 31.3 Å². The lowest BCUT2D eigenvalue weighted by molar-refractivity contribution is -0.161. The summed E-state index contributed by atoms with van der Waals surface area (Å²) in [6.45, 7) is 50.7. The third kappa shape index (κ3) is 70.3. The van der Waals surface area contributed by atoms with Crippen LogP contribution < -0.4 is 10.6 Å². The first-order chi connectivity index (χ1) is 50.6. The Morgan fingerprint density at radius 3 is 0.791 bits per heavy atom. The van der Waals surface area contributed by atoms with Gasteiger partial charge in [-0.25, -0.2) is 28.8 Å². The van der Waals surface area contributed by atoms with E-state index in [1.807, 2.05) is 104 Å². The van der Waals surface area contributed by atoms with E-state index >= 15 is 0 Å². The predicted molar refractivity (Wildman–Crippen MR) is 421 cm³/mol. The summed E-state index contributed by atoms with van der Waals surface area (Å²) in [5.74, 6) is -0.597. The van der Waals surface area contributed by atoms with Gasteiger partial charge < -0.3 is 122 Å².